The third-order valence-corrected chi connectivity index (χ3v) is 4.91. The van der Waals surface area contributed by atoms with Crippen LogP contribution in [0, 0.1) is 5.92 Å². The monoisotopic (exact) mass is 252 g/mol. The first-order valence-corrected chi connectivity index (χ1v) is 7.30. The molecule has 4 heteroatoms. The number of piperazine rings is 1. The molecule has 2 bridgehead atoms. The summed E-state index contributed by atoms with van der Waals surface area (Å²) in [6, 6.07) is 1.72. The quantitative estimate of drug-likeness (QED) is 0.792. The van der Waals surface area contributed by atoms with Gasteiger partial charge in [0.05, 0.1) is 6.10 Å². The van der Waals surface area contributed by atoms with Gasteiger partial charge in [-0.2, -0.15) is 0 Å². The molecule has 2 saturated heterocycles. The topological polar surface area (TPSA) is 43.8 Å². The van der Waals surface area contributed by atoms with Crippen molar-refractivity contribution < 1.29 is 9.90 Å². The van der Waals surface area contributed by atoms with E-state index in [0.717, 1.165) is 13.1 Å². The van der Waals surface area contributed by atoms with Gasteiger partial charge in [0.2, 0.25) is 5.91 Å². The van der Waals surface area contributed by atoms with Crippen molar-refractivity contribution in [3.63, 3.8) is 0 Å². The molecule has 102 valence electrons. The molecule has 2 aliphatic heterocycles. The van der Waals surface area contributed by atoms with Crippen LogP contribution >= 0.6 is 0 Å². The van der Waals surface area contributed by atoms with E-state index in [9.17, 15) is 9.90 Å². The van der Waals surface area contributed by atoms with Gasteiger partial charge in [0.25, 0.3) is 0 Å². The van der Waals surface area contributed by atoms with Gasteiger partial charge in [0.15, 0.2) is 0 Å². The molecule has 0 aromatic rings. The number of fused-ring (bicyclic) bond motifs is 2. The number of hydrogen-bond acceptors (Lipinski definition) is 3. The summed E-state index contributed by atoms with van der Waals surface area (Å²) >= 11 is 0. The first-order chi connectivity index (χ1) is 8.56. The molecule has 2 atom stereocenters. The van der Waals surface area contributed by atoms with Crippen molar-refractivity contribution in [2.45, 2.75) is 63.8 Å². The van der Waals surface area contributed by atoms with Gasteiger partial charge >= 0.3 is 0 Å². The second kappa shape index (κ2) is 4.49. The van der Waals surface area contributed by atoms with Crippen molar-refractivity contribution in [3.8, 4) is 0 Å². The molecule has 0 unspecified atom stereocenters. The van der Waals surface area contributed by atoms with E-state index in [1.807, 2.05) is 0 Å². The molecule has 0 radical (unpaired) electrons. The molecule has 3 fully saturated rings. The Kier molecular flexibility index (Phi) is 3.10. The van der Waals surface area contributed by atoms with Gasteiger partial charge in [-0.15, -0.1) is 0 Å². The van der Waals surface area contributed by atoms with E-state index in [-0.39, 0.29) is 12.0 Å². The first-order valence-electron chi connectivity index (χ1n) is 7.30. The van der Waals surface area contributed by atoms with Gasteiger partial charge in [-0.1, -0.05) is 0 Å². The number of amides is 1. The van der Waals surface area contributed by atoms with E-state index in [1.165, 1.54) is 12.8 Å². The minimum absolute atomic E-state index is 0.102. The molecule has 3 rings (SSSR count). The highest BCUT2D eigenvalue weighted by atomic mass is 16.3. The molecule has 0 aromatic heterocycles. The number of nitrogens with zero attached hydrogens (tertiary/aromatic N) is 2. The van der Waals surface area contributed by atoms with Gasteiger partial charge < -0.3 is 10.0 Å². The zero-order valence-corrected chi connectivity index (χ0v) is 11.4. The summed E-state index contributed by atoms with van der Waals surface area (Å²) in [4.78, 5) is 17.0. The smallest absolute Gasteiger partial charge is 0.225 e. The average molecular weight is 252 g/mol. The van der Waals surface area contributed by atoms with E-state index in [2.05, 4.69) is 23.6 Å². The first kappa shape index (κ1) is 12.4. The highest BCUT2D eigenvalue weighted by Gasteiger charge is 2.44. The maximum Gasteiger partial charge on any atom is 0.225 e. The van der Waals surface area contributed by atoms with Gasteiger partial charge in [0, 0.05) is 37.1 Å². The zero-order chi connectivity index (χ0) is 12.9. The predicted octanol–water partition coefficient (Wildman–Crippen LogP) is 0.841. The van der Waals surface area contributed by atoms with Crippen LogP contribution < -0.4 is 0 Å². The Bertz CT molecular complexity index is 325. The number of likely N-dealkylation sites (tertiary alicyclic amines) is 1. The van der Waals surface area contributed by atoms with E-state index in [1.54, 1.807) is 0 Å². The van der Waals surface area contributed by atoms with Crippen molar-refractivity contribution in [1.82, 2.24) is 9.80 Å². The van der Waals surface area contributed by atoms with Crippen molar-refractivity contribution in [3.05, 3.63) is 0 Å². The Morgan fingerprint density at radius 2 is 1.72 bits per heavy atom. The Balaban J connectivity index is 1.63. The lowest BCUT2D eigenvalue weighted by atomic mass is 9.81. The van der Waals surface area contributed by atoms with Gasteiger partial charge in [0.1, 0.15) is 0 Å². The summed E-state index contributed by atoms with van der Waals surface area (Å²) in [6.45, 7) is 6.32. The van der Waals surface area contributed by atoms with Crippen LogP contribution in [0.15, 0.2) is 0 Å². The van der Waals surface area contributed by atoms with Crippen LogP contribution in [0.3, 0.4) is 0 Å². The normalized spacial score (nSPS) is 40.1. The summed E-state index contributed by atoms with van der Waals surface area (Å²) in [5, 5.41) is 9.32. The molecule has 1 N–H and O–H groups in total. The summed E-state index contributed by atoms with van der Waals surface area (Å²) in [7, 11) is 0. The van der Waals surface area contributed by atoms with Crippen molar-refractivity contribution in [2.75, 3.05) is 13.1 Å². The standard InChI is InChI=1S/C14H24N2O2/c1-9(2)16-11-3-4-12(16)8-15(7-11)14(18)10-5-13(17)6-10/h9-13,17H,3-8H2,1-2H3/t10?,11-,12-,13?/m0/s1. The van der Waals surface area contributed by atoms with Gasteiger partial charge in [-0.3, -0.25) is 9.69 Å². The number of aliphatic hydroxyl groups is 1. The van der Waals surface area contributed by atoms with Crippen LogP contribution in [0.1, 0.15) is 39.5 Å². The summed E-state index contributed by atoms with van der Waals surface area (Å²) in [5.41, 5.74) is 0. The van der Waals surface area contributed by atoms with Crippen LogP contribution in [0.25, 0.3) is 0 Å². The van der Waals surface area contributed by atoms with Crippen molar-refractivity contribution >= 4 is 5.91 Å². The largest absolute Gasteiger partial charge is 0.393 e. The second-order valence-electron chi connectivity index (χ2n) is 6.49. The SMILES string of the molecule is CC(C)N1[C@H]2CC[C@H]1CN(C(=O)C1CC(O)C1)C2. The number of carbonyl (C=O) groups excluding carboxylic acids is 1. The van der Waals surface area contributed by atoms with Crippen LogP contribution in [-0.2, 0) is 4.79 Å². The number of aliphatic hydroxyl groups excluding tert-OH is 1. The third kappa shape index (κ3) is 1.95. The molecule has 18 heavy (non-hydrogen) atoms. The highest BCUT2D eigenvalue weighted by molar-refractivity contribution is 5.80. The number of rotatable bonds is 2. The van der Waals surface area contributed by atoms with Crippen molar-refractivity contribution in [1.29, 1.82) is 0 Å². The number of hydrogen-bond donors (Lipinski definition) is 1. The lowest BCUT2D eigenvalue weighted by Gasteiger charge is -2.45. The van der Waals surface area contributed by atoms with Crippen molar-refractivity contribution in [2.24, 2.45) is 5.92 Å². The fourth-order valence-corrected chi connectivity index (χ4v) is 4.01. The molecule has 2 heterocycles. The van der Waals surface area contributed by atoms with Crippen LogP contribution in [-0.4, -0.2) is 58.1 Å². The average Bonchev–Trinajstić information content (AvgIpc) is 2.56. The lowest BCUT2D eigenvalue weighted by molar-refractivity contribution is -0.146. The third-order valence-electron chi connectivity index (χ3n) is 4.91. The molecule has 0 spiro atoms. The lowest BCUT2D eigenvalue weighted by Crippen LogP contribution is -2.59. The van der Waals surface area contributed by atoms with E-state index in [0.29, 0.717) is 36.9 Å². The molecule has 1 amide bonds. The second-order valence-corrected chi connectivity index (χ2v) is 6.49. The predicted molar refractivity (Wildman–Crippen MR) is 69.1 cm³/mol. The zero-order valence-electron chi connectivity index (χ0n) is 11.4. The van der Waals surface area contributed by atoms with E-state index < -0.39 is 0 Å². The molecule has 1 saturated carbocycles. The Hall–Kier alpha value is -0.610. The molecule has 4 nitrogen and oxygen atoms in total. The summed E-state index contributed by atoms with van der Waals surface area (Å²) < 4.78 is 0. The Morgan fingerprint density at radius 3 is 2.17 bits per heavy atom. The van der Waals surface area contributed by atoms with Crippen LogP contribution in [0.5, 0.6) is 0 Å². The molecule has 3 aliphatic rings. The minimum atomic E-state index is -0.229. The highest BCUT2D eigenvalue weighted by Crippen LogP contribution is 2.35. The van der Waals surface area contributed by atoms with Crippen LogP contribution in [0.2, 0.25) is 0 Å². The fraction of sp³-hybridized carbons (Fsp3) is 0.929. The maximum atomic E-state index is 12.3. The van der Waals surface area contributed by atoms with Gasteiger partial charge in [-0.05, 0) is 39.5 Å². The molecule has 0 aromatic carbocycles. The summed E-state index contributed by atoms with van der Waals surface area (Å²) in [6.07, 6.45) is 3.60. The minimum Gasteiger partial charge on any atom is -0.393 e. The Morgan fingerprint density at radius 1 is 1.17 bits per heavy atom. The Labute approximate surface area is 109 Å². The van der Waals surface area contributed by atoms with E-state index >= 15 is 0 Å². The molecule has 1 aliphatic carbocycles. The van der Waals surface area contributed by atoms with Gasteiger partial charge in [-0.25, -0.2) is 0 Å². The maximum absolute atomic E-state index is 12.3. The van der Waals surface area contributed by atoms with Crippen LogP contribution in [0.4, 0.5) is 0 Å². The fourth-order valence-electron chi connectivity index (χ4n) is 4.01. The molecular weight excluding hydrogens is 228 g/mol. The summed E-state index contributed by atoms with van der Waals surface area (Å²) in [5.74, 6) is 0.394. The number of carbonyl (C=O) groups is 1. The van der Waals surface area contributed by atoms with E-state index in [4.69, 9.17) is 0 Å². The molecular formula is C14H24N2O2.